The van der Waals surface area contributed by atoms with Gasteiger partial charge in [-0.25, -0.2) is 0 Å². The van der Waals surface area contributed by atoms with Gasteiger partial charge in [0.1, 0.15) is 0 Å². The summed E-state index contributed by atoms with van der Waals surface area (Å²) in [6.45, 7) is 8.24. The fourth-order valence-corrected chi connectivity index (χ4v) is 2.48. The molecule has 1 heterocycles. The Labute approximate surface area is 122 Å². The number of methoxy groups -OCH3 is 1. The van der Waals surface area contributed by atoms with Gasteiger partial charge in [-0.3, -0.25) is 9.79 Å². The highest BCUT2D eigenvalue weighted by atomic mass is 16.5. The van der Waals surface area contributed by atoms with Gasteiger partial charge in [0, 0.05) is 32.6 Å². The molecule has 116 valence electrons. The van der Waals surface area contributed by atoms with Crippen LogP contribution in [0.5, 0.6) is 0 Å². The molecule has 1 unspecified atom stereocenters. The minimum atomic E-state index is -0.134. The number of likely N-dealkylation sites (tertiary alicyclic amines) is 1. The molecule has 0 aliphatic carbocycles. The van der Waals surface area contributed by atoms with Crippen LogP contribution in [-0.2, 0) is 9.53 Å². The summed E-state index contributed by atoms with van der Waals surface area (Å²) in [5.41, 5.74) is 0. The van der Waals surface area contributed by atoms with Crippen molar-refractivity contribution in [2.24, 2.45) is 10.9 Å². The van der Waals surface area contributed by atoms with Crippen LogP contribution in [0.25, 0.3) is 0 Å². The van der Waals surface area contributed by atoms with E-state index >= 15 is 0 Å². The van der Waals surface area contributed by atoms with Gasteiger partial charge in [0.25, 0.3) is 0 Å². The van der Waals surface area contributed by atoms with E-state index in [0.717, 1.165) is 50.9 Å². The summed E-state index contributed by atoms with van der Waals surface area (Å²) in [7, 11) is 1.43. The van der Waals surface area contributed by atoms with Crippen LogP contribution < -0.4 is 5.32 Å². The lowest BCUT2D eigenvalue weighted by molar-refractivity contribution is -0.140. The van der Waals surface area contributed by atoms with Gasteiger partial charge in [0.2, 0.25) is 0 Å². The molecule has 5 heteroatoms. The van der Waals surface area contributed by atoms with Crippen LogP contribution in [0.4, 0.5) is 0 Å². The number of unbranched alkanes of at least 4 members (excludes halogenated alkanes) is 1. The van der Waals surface area contributed by atoms with Gasteiger partial charge in [-0.05, 0) is 38.5 Å². The molecule has 1 N–H and O–H groups in total. The zero-order chi connectivity index (χ0) is 14.8. The second-order valence-corrected chi connectivity index (χ2v) is 5.46. The average Bonchev–Trinajstić information content (AvgIpc) is 2.45. The van der Waals surface area contributed by atoms with E-state index in [2.05, 4.69) is 33.8 Å². The van der Waals surface area contributed by atoms with E-state index in [0.29, 0.717) is 6.42 Å². The maximum atomic E-state index is 11.0. The molecule has 1 aliphatic heterocycles. The molecule has 20 heavy (non-hydrogen) atoms. The Morgan fingerprint density at radius 1 is 1.45 bits per heavy atom. The first-order valence-electron chi connectivity index (χ1n) is 7.77. The molecule has 0 aromatic rings. The molecule has 0 radical (unpaired) electrons. The third-order valence-electron chi connectivity index (χ3n) is 3.57. The van der Waals surface area contributed by atoms with Crippen LogP contribution in [0, 0.1) is 5.92 Å². The fraction of sp³-hybridized carbons (Fsp3) is 0.867. The normalized spacial score (nSPS) is 19.9. The molecular formula is C15H29N3O2. The summed E-state index contributed by atoms with van der Waals surface area (Å²) < 4.78 is 4.63. The first-order valence-corrected chi connectivity index (χ1v) is 7.77. The van der Waals surface area contributed by atoms with E-state index in [4.69, 9.17) is 0 Å². The summed E-state index contributed by atoms with van der Waals surface area (Å²) in [5.74, 6) is 1.63. The number of guanidine groups is 1. The van der Waals surface area contributed by atoms with Crippen molar-refractivity contribution in [1.29, 1.82) is 0 Å². The number of piperidine rings is 1. The number of esters is 1. The average molecular weight is 283 g/mol. The molecule has 1 rings (SSSR count). The molecule has 0 spiro atoms. The monoisotopic (exact) mass is 283 g/mol. The molecule has 0 aromatic heterocycles. The highest BCUT2D eigenvalue weighted by molar-refractivity contribution is 5.80. The van der Waals surface area contributed by atoms with Crippen molar-refractivity contribution in [2.45, 2.75) is 46.0 Å². The number of hydrogen-bond donors (Lipinski definition) is 1. The van der Waals surface area contributed by atoms with Crippen molar-refractivity contribution in [3.63, 3.8) is 0 Å². The molecule has 0 saturated carbocycles. The lowest BCUT2D eigenvalue weighted by Gasteiger charge is -2.33. The number of nitrogens with one attached hydrogen (secondary N) is 1. The second-order valence-electron chi connectivity index (χ2n) is 5.46. The van der Waals surface area contributed by atoms with Crippen LogP contribution in [0.15, 0.2) is 4.99 Å². The number of hydrogen-bond acceptors (Lipinski definition) is 3. The zero-order valence-corrected chi connectivity index (χ0v) is 13.2. The number of rotatable bonds is 6. The highest BCUT2D eigenvalue weighted by Crippen LogP contribution is 2.15. The summed E-state index contributed by atoms with van der Waals surface area (Å²) >= 11 is 0. The van der Waals surface area contributed by atoms with E-state index in [1.807, 2.05) is 0 Å². The van der Waals surface area contributed by atoms with Crippen LogP contribution in [-0.4, -0.2) is 50.1 Å². The molecule has 1 saturated heterocycles. The van der Waals surface area contributed by atoms with Crippen molar-refractivity contribution < 1.29 is 9.53 Å². The molecule has 0 bridgehead atoms. The maximum Gasteiger partial charge on any atom is 0.305 e. The van der Waals surface area contributed by atoms with E-state index in [1.165, 1.54) is 20.0 Å². The second kappa shape index (κ2) is 9.61. The van der Waals surface area contributed by atoms with Crippen molar-refractivity contribution in [3.05, 3.63) is 0 Å². The van der Waals surface area contributed by atoms with Gasteiger partial charge in [-0.15, -0.1) is 0 Å². The first-order chi connectivity index (χ1) is 9.67. The molecular weight excluding hydrogens is 254 g/mol. The van der Waals surface area contributed by atoms with Crippen LogP contribution in [0.1, 0.15) is 46.0 Å². The number of carbonyl (C=O) groups excluding carboxylic acids is 1. The van der Waals surface area contributed by atoms with E-state index < -0.39 is 0 Å². The summed E-state index contributed by atoms with van der Waals surface area (Å²) in [4.78, 5) is 18.0. The van der Waals surface area contributed by atoms with E-state index in [9.17, 15) is 4.79 Å². The fourth-order valence-electron chi connectivity index (χ4n) is 2.48. The highest BCUT2D eigenvalue weighted by Gasteiger charge is 2.18. The maximum absolute atomic E-state index is 11.0. The van der Waals surface area contributed by atoms with Crippen LogP contribution >= 0.6 is 0 Å². The van der Waals surface area contributed by atoms with Crippen molar-refractivity contribution in [1.82, 2.24) is 10.2 Å². The Hall–Kier alpha value is -1.26. The molecule has 1 fully saturated rings. The lowest BCUT2D eigenvalue weighted by atomic mass is 10.0. The van der Waals surface area contributed by atoms with Crippen LogP contribution in [0.3, 0.4) is 0 Å². The number of ether oxygens (including phenoxy) is 1. The molecule has 1 atom stereocenters. The van der Waals surface area contributed by atoms with Gasteiger partial charge in [0.05, 0.1) is 7.11 Å². The Balaban J connectivity index is 2.36. The first kappa shape index (κ1) is 16.8. The number of nitrogens with zero attached hydrogens (tertiary/aromatic N) is 2. The van der Waals surface area contributed by atoms with Crippen molar-refractivity contribution in [2.75, 3.05) is 33.3 Å². The van der Waals surface area contributed by atoms with Crippen LogP contribution in [0.2, 0.25) is 0 Å². The summed E-state index contributed by atoms with van der Waals surface area (Å²) in [5, 5.41) is 3.37. The van der Waals surface area contributed by atoms with Gasteiger partial charge < -0.3 is 15.0 Å². The zero-order valence-electron chi connectivity index (χ0n) is 13.2. The molecule has 0 amide bonds. The third-order valence-corrected chi connectivity index (χ3v) is 3.57. The predicted molar refractivity (Wildman–Crippen MR) is 81.8 cm³/mol. The lowest BCUT2D eigenvalue weighted by Crippen LogP contribution is -2.46. The minimum Gasteiger partial charge on any atom is -0.469 e. The predicted octanol–water partition coefficient (Wildman–Crippen LogP) is 2.03. The molecule has 0 aromatic carbocycles. The molecule has 5 nitrogen and oxygen atoms in total. The third kappa shape index (κ3) is 6.26. The molecule has 1 aliphatic rings. The minimum absolute atomic E-state index is 0.134. The van der Waals surface area contributed by atoms with E-state index in [1.54, 1.807) is 0 Å². The smallest absolute Gasteiger partial charge is 0.305 e. The van der Waals surface area contributed by atoms with Gasteiger partial charge >= 0.3 is 5.97 Å². The number of carbonyl (C=O) groups is 1. The van der Waals surface area contributed by atoms with Crippen molar-refractivity contribution in [3.8, 4) is 0 Å². The number of aliphatic imine (C=N–C) groups is 1. The SMILES string of the molecule is CCNC(=NCCCCC(=O)OC)N1CCCC(C)C1. The van der Waals surface area contributed by atoms with Gasteiger partial charge in [0.15, 0.2) is 5.96 Å². The topological polar surface area (TPSA) is 53.9 Å². The van der Waals surface area contributed by atoms with Gasteiger partial charge in [-0.1, -0.05) is 6.92 Å². The quantitative estimate of drug-likeness (QED) is 0.351. The Kier molecular flexibility index (Phi) is 8.07. The Morgan fingerprint density at radius 2 is 2.25 bits per heavy atom. The summed E-state index contributed by atoms with van der Waals surface area (Å²) in [6.07, 6.45) is 4.81. The van der Waals surface area contributed by atoms with Gasteiger partial charge in [-0.2, -0.15) is 0 Å². The largest absolute Gasteiger partial charge is 0.469 e. The Bertz CT molecular complexity index is 318. The van der Waals surface area contributed by atoms with E-state index in [-0.39, 0.29) is 5.97 Å². The Morgan fingerprint density at radius 3 is 2.90 bits per heavy atom. The van der Waals surface area contributed by atoms with Crippen molar-refractivity contribution >= 4 is 11.9 Å². The standard InChI is InChI=1S/C15H29N3O2/c1-4-16-15(18-11-7-8-13(2)12-18)17-10-6-5-9-14(19)20-3/h13H,4-12H2,1-3H3,(H,16,17). The summed E-state index contributed by atoms with van der Waals surface area (Å²) in [6, 6.07) is 0.